The van der Waals surface area contributed by atoms with Crippen molar-refractivity contribution in [2.24, 2.45) is 0 Å². The second-order valence-corrected chi connectivity index (χ2v) is 8.40. The average Bonchev–Trinajstić information content (AvgIpc) is 3.30. The lowest BCUT2D eigenvalue weighted by Crippen LogP contribution is -2.42. The van der Waals surface area contributed by atoms with Crippen molar-refractivity contribution in [1.29, 1.82) is 0 Å². The molecule has 2 heterocycles. The SMILES string of the molecule is CCOC(=O)c1c(NC(=S)N[C@@H](C)[C@H]2CCCO2)sc(C)c1-c1ccccc1. The number of nitrogens with one attached hydrogen (secondary N) is 2. The fourth-order valence-corrected chi connectivity index (χ4v) is 4.84. The number of esters is 1. The van der Waals surface area contributed by atoms with Crippen molar-refractivity contribution in [3.8, 4) is 11.1 Å². The van der Waals surface area contributed by atoms with Crippen LogP contribution in [-0.4, -0.2) is 36.4 Å². The van der Waals surface area contributed by atoms with Gasteiger partial charge in [0.2, 0.25) is 0 Å². The molecular formula is C21H26N2O3S2. The van der Waals surface area contributed by atoms with E-state index >= 15 is 0 Å². The Hall–Kier alpha value is -1.96. The number of aryl methyl sites for hydroxylation is 1. The fraction of sp³-hybridized carbons (Fsp3) is 0.429. The molecule has 1 aliphatic rings. The summed E-state index contributed by atoms with van der Waals surface area (Å²) in [7, 11) is 0. The van der Waals surface area contributed by atoms with Crippen LogP contribution >= 0.6 is 23.6 Å². The molecule has 2 N–H and O–H groups in total. The lowest BCUT2D eigenvalue weighted by molar-refractivity contribution is 0.0529. The van der Waals surface area contributed by atoms with E-state index in [9.17, 15) is 4.79 Å². The molecule has 0 radical (unpaired) electrons. The zero-order chi connectivity index (χ0) is 20.1. The monoisotopic (exact) mass is 418 g/mol. The van der Waals surface area contributed by atoms with Gasteiger partial charge in [0, 0.05) is 17.0 Å². The molecule has 0 spiro atoms. The van der Waals surface area contributed by atoms with Gasteiger partial charge in [-0.05, 0) is 51.4 Å². The predicted molar refractivity (Wildman–Crippen MR) is 118 cm³/mol. The van der Waals surface area contributed by atoms with Gasteiger partial charge in [0.1, 0.15) is 10.6 Å². The van der Waals surface area contributed by atoms with Crippen molar-refractivity contribution in [1.82, 2.24) is 5.32 Å². The highest BCUT2D eigenvalue weighted by Gasteiger charge is 2.26. The van der Waals surface area contributed by atoms with Gasteiger partial charge in [0.05, 0.1) is 18.8 Å². The van der Waals surface area contributed by atoms with E-state index in [-0.39, 0.29) is 18.1 Å². The Morgan fingerprint density at radius 1 is 1.39 bits per heavy atom. The summed E-state index contributed by atoms with van der Waals surface area (Å²) < 4.78 is 11.1. The standard InChI is InChI=1S/C21H26N2O3S2/c1-4-25-20(24)18-17(15-9-6-5-7-10-15)14(3)28-19(18)23-21(27)22-13(2)16-11-8-12-26-16/h5-7,9-10,13,16H,4,8,11-12H2,1-3H3,(H2,22,23,27)/t13-,16+/m0/s1. The molecule has 0 unspecified atom stereocenters. The summed E-state index contributed by atoms with van der Waals surface area (Å²) in [6, 6.07) is 9.98. The van der Waals surface area contributed by atoms with Gasteiger partial charge in [-0.2, -0.15) is 0 Å². The van der Waals surface area contributed by atoms with E-state index in [0.717, 1.165) is 35.5 Å². The van der Waals surface area contributed by atoms with Crippen LogP contribution in [0.25, 0.3) is 11.1 Å². The Labute approximate surface area is 175 Å². The van der Waals surface area contributed by atoms with Crippen LogP contribution in [0.3, 0.4) is 0 Å². The van der Waals surface area contributed by atoms with Gasteiger partial charge in [-0.15, -0.1) is 11.3 Å². The first kappa shape index (κ1) is 20.8. The van der Waals surface area contributed by atoms with Crippen LogP contribution in [0.5, 0.6) is 0 Å². The molecule has 1 aliphatic heterocycles. The molecule has 0 bridgehead atoms. The number of thiocarbonyl (C=S) groups is 1. The number of carbonyl (C=O) groups excluding carboxylic acids is 1. The van der Waals surface area contributed by atoms with Gasteiger partial charge in [-0.1, -0.05) is 30.3 Å². The maximum absolute atomic E-state index is 12.7. The highest BCUT2D eigenvalue weighted by molar-refractivity contribution is 7.80. The minimum absolute atomic E-state index is 0.100. The Kier molecular flexibility index (Phi) is 7.04. The topological polar surface area (TPSA) is 59.6 Å². The summed E-state index contributed by atoms with van der Waals surface area (Å²) >= 11 is 7.01. The van der Waals surface area contributed by atoms with Crippen molar-refractivity contribution in [3.63, 3.8) is 0 Å². The molecule has 0 amide bonds. The predicted octanol–water partition coefficient (Wildman–Crippen LogP) is 4.75. The molecule has 1 saturated heterocycles. The van der Waals surface area contributed by atoms with Crippen molar-refractivity contribution in [3.05, 3.63) is 40.8 Å². The van der Waals surface area contributed by atoms with E-state index < -0.39 is 0 Å². The first-order valence-electron chi connectivity index (χ1n) is 9.56. The van der Waals surface area contributed by atoms with Gasteiger partial charge >= 0.3 is 5.97 Å². The Morgan fingerprint density at radius 2 is 2.14 bits per heavy atom. The van der Waals surface area contributed by atoms with Crippen molar-refractivity contribution >= 4 is 39.6 Å². The number of anilines is 1. The third kappa shape index (κ3) is 4.71. The molecule has 5 nitrogen and oxygen atoms in total. The molecule has 0 aliphatic carbocycles. The number of ether oxygens (including phenoxy) is 2. The molecule has 3 rings (SSSR count). The van der Waals surface area contributed by atoms with Crippen LogP contribution in [0.4, 0.5) is 5.00 Å². The van der Waals surface area contributed by atoms with Gasteiger partial charge in [-0.25, -0.2) is 4.79 Å². The Bertz CT molecular complexity index is 830. The quantitative estimate of drug-likeness (QED) is 0.521. The summed E-state index contributed by atoms with van der Waals surface area (Å²) in [5.41, 5.74) is 2.41. The van der Waals surface area contributed by atoms with Crippen LogP contribution in [0.2, 0.25) is 0 Å². The number of rotatable bonds is 6. The lowest BCUT2D eigenvalue weighted by atomic mass is 10.0. The first-order chi connectivity index (χ1) is 13.5. The Morgan fingerprint density at radius 3 is 2.79 bits per heavy atom. The largest absolute Gasteiger partial charge is 0.462 e. The molecular weight excluding hydrogens is 392 g/mol. The number of benzene rings is 1. The molecule has 1 aromatic heterocycles. The molecule has 7 heteroatoms. The second-order valence-electron chi connectivity index (χ2n) is 6.76. The van der Waals surface area contributed by atoms with E-state index in [0.29, 0.717) is 22.3 Å². The summed E-state index contributed by atoms with van der Waals surface area (Å²) in [6.07, 6.45) is 2.27. The van der Waals surface area contributed by atoms with Crippen molar-refractivity contribution in [2.45, 2.75) is 45.8 Å². The smallest absolute Gasteiger partial charge is 0.341 e. The van der Waals surface area contributed by atoms with E-state index in [4.69, 9.17) is 21.7 Å². The van der Waals surface area contributed by atoms with Gasteiger partial charge in [0.25, 0.3) is 0 Å². The van der Waals surface area contributed by atoms with Gasteiger partial charge in [-0.3, -0.25) is 0 Å². The van der Waals surface area contributed by atoms with E-state index in [2.05, 4.69) is 17.6 Å². The maximum Gasteiger partial charge on any atom is 0.341 e. The molecule has 0 saturated carbocycles. The van der Waals surface area contributed by atoms with Crippen LogP contribution in [-0.2, 0) is 9.47 Å². The highest BCUT2D eigenvalue weighted by atomic mass is 32.1. The number of carbonyl (C=O) groups is 1. The lowest BCUT2D eigenvalue weighted by Gasteiger charge is -2.22. The van der Waals surface area contributed by atoms with Gasteiger partial charge in [0.15, 0.2) is 5.11 Å². The number of hydrogen-bond acceptors (Lipinski definition) is 5. The molecule has 2 aromatic rings. The molecule has 1 fully saturated rings. The third-order valence-corrected chi connectivity index (χ3v) is 5.98. The zero-order valence-electron chi connectivity index (χ0n) is 16.4. The maximum atomic E-state index is 12.7. The molecule has 150 valence electrons. The summed E-state index contributed by atoms with van der Waals surface area (Å²) in [6.45, 7) is 6.99. The average molecular weight is 419 g/mol. The fourth-order valence-electron chi connectivity index (χ4n) is 3.42. The van der Waals surface area contributed by atoms with E-state index in [1.807, 2.05) is 44.2 Å². The molecule has 2 atom stereocenters. The minimum Gasteiger partial charge on any atom is -0.462 e. The minimum atomic E-state index is -0.344. The number of hydrogen-bond donors (Lipinski definition) is 2. The molecule has 1 aromatic carbocycles. The van der Waals surface area contributed by atoms with Crippen LogP contribution in [0.15, 0.2) is 30.3 Å². The van der Waals surface area contributed by atoms with Gasteiger partial charge < -0.3 is 20.1 Å². The normalized spacial score (nSPS) is 17.2. The zero-order valence-corrected chi connectivity index (χ0v) is 18.0. The van der Waals surface area contributed by atoms with Crippen LogP contribution in [0, 0.1) is 6.92 Å². The van der Waals surface area contributed by atoms with Crippen LogP contribution < -0.4 is 10.6 Å². The Balaban J connectivity index is 1.85. The second kappa shape index (κ2) is 9.49. The molecule has 28 heavy (non-hydrogen) atoms. The summed E-state index contributed by atoms with van der Waals surface area (Å²) in [5, 5.41) is 7.69. The highest BCUT2D eigenvalue weighted by Crippen LogP contribution is 2.40. The first-order valence-corrected chi connectivity index (χ1v) is 10.8. The number of thiophene rings is 1. The third-order valence-electron chi connectivity index (χ3n) is 4.73. The van der Waals surface area contributed by atoms with Crippen molar-refractivity contribution in [2.75, 3.05) is 18.5 Å². The summed E-state index contributed by atoms with van der Waals surface area (Å²) in [4.78, 5) is 13.8. The van der Waals surface area contributed by atoms with E-state index in [1.54, 1.807) is 0 Å². The van der Waals surface area contributed by atoms with E-state index in [1.165, 1.54) is 11.3 Å². The summed E-state index contributed by atoms with van der Waals surface area (Å²) in [5.74, 6) is -0.344. The van der Waals surface area contributed by atoms with Crippen LogP contribution in [0.1, 0.15) is 41.9 Å². The van der Waals surface area contributed by atoms with Crippen molar-refractivity contribution < 1.29 is 14.3 Å².